The molecule has 0 N–H and O–H groups in total. The summed E-state index contributed by atoms with van der Waals surface area (Å²) >= 11 is 0. The molecule has 1 nitrogen and oxygen atoms in total. The van der Waals surface area contributed by atoms with Gasteiger partial charge in [-0.3, -0.25) is 4.79 Å². The lowest BCUT2D eigenvalue weighted by molar-refractivity contribution is -0.136. The van der Waals surface area contributed by atoms with Crippen LogP contribution in [0.15, 0.2) is 12.2 Å². The molecule has 0 radical (unpaired) electrons. The quantitative estimate of drug-likeness (QED) is 0.581. The van der Waals surface area contributed by atoms with Crippen LogP contribution >= 0.6 is 0 Å². The highest BCUT2D eigenvalue weighted by molar-refractivity contribution is 5.79. The van der Waals surface area contributed by atoms with Gasteiger partial charge in [-0.05, 0) is 73.0 Å². The van der Waals surface area contributed by atoms with Crippen LogP contribution in [0.1, 0.15) is 65.2 Å². The maximum Gasteiger partial charge on any atom is 0.133 e. The van der Waals surface area contributed by atoms with E-state index in [0.29, 0.717) is 22.5 Å². The molecule has 1 heteroatoms. The predicted octanol–water partition coefficient (Wildman–Crippen LogP) is 4.76. The minimum atomic E-state index is 0.473. The van der Waals surface area contributed by atoms with Gasteiger partial charge in [-0.2, -0.15) is 0 Å². The Morgan fingerprint density at radius 1 is 1.10 bits per heavy atom. The lowest BCUT2D eigenvalue weighted by Gasteiger charge is -2.59. The number of allylic oxidation sites excluding steroid dienone is 2. The summed E-state index contributed by atoms with van der Waals surface area (Å²) in [7, 11) is 0. The average molecular weight is 272 g/mol. The predicted molar refractivity (Wildman–Crippen MR) is 81.3 cm³/mol. The first-order valence-corrected chi connectivity index (χ1v) is 8.72. The van der Waals surface area contributed by atoms with Crippen LogP contribution in [0.4, 0.5) is 0 Å². The number of hydrogen-bond donors (Lipinski definition) is 0. The van der Waals surface area contributed by atoms with E-state index >= 15 is 0 Å². The Balaban J connectivity index is 1.64. The molecule has 0 saturated heterocycles. The molecule has 6 atom stereocenters. The highest BCUT2D eigenvalue weighted by Crippen LogP contribution is 2.64. The van der Waals surface area contributed by atoms with Crippen LogP contribution in [0.3, 0.4) is 0 Å². The normalized spacial score (nSPS) is 54.2. The third-order valence-corrected chi connectivity index (χ3v) is 7.81. The van der Waals surface area contributed by atoms with Crippen molar-refractivity contribution in [3.05, 3.63) is 12.2 Å². The molecule has 3 fully saturated rings. The number of rotatable bonds is 0. The summed E-state index contributed by atoms with van der Waals surface area (Å²) in [5.41, 5.74) is 0.968. The molecule has 0 spiro atoms. The van der Waals surface area contributed by atoms with Crippen molar-refractivity contribution >= 4 is 5.78 Å². The SMILES string of the molecule is C[C@]12CCC(=O)C[C@@H]1CC[C@H]1[C@H]3CC=C[C@@]3(C)CC[C@@H]12. The second-order valence-electron chi connectivity index (χ2n) is 8.58. The first-order chi connectivity index (χ1) is 9.53. The van der Waals surface area contributed by atoms with Crippen molar-refractivity contribution in [3.63, 3.8) is 0 Å². The van der Waals surface area contributed by atoms with E-state index < -0.39 is 0 Å². The van der Waals surface area contributed by atoms with E-state index in [2.05, 4.69) is 26.0 Å². The Bertz CT molecular complexity index is 464. The molecule has 20 heavy (non-hydrogen) atoms. The van der Waals surface area contributed by atoms with Gasteiger partial charge in [0.05, 0.1) is 0 Å². The van der Waals surface area contributed by atoms with E-state index in [1.54, 1.807) is 0 Å². The van der Waals surface area contributed by atoms with E-state index in [1.807, 2.05) is 0 Å². The van der Waals surface area contributed by atoms with Gasteiger partial charge in [0.15, 0.2) is 0 Å². The van der Waals surface area contributed by atoms with E-state index in [9.17, 15) is 4.79 Å². The maximum absolute atomic E-state index is 11.8. The standard InChI is InChI=1S/C19H28O/c1-18-9-3-4-16(18)15-6-5-13-12-14(20)7-11-19(13,2)17(15)8-10-18/h3,9,13,15-17H,4-8,10-12H2,1-2H3/t13-,15-,16+,17-,18-,19-/m0/s1. The van der Waals surface area contributed by atoms with Crippen molar-refractivity contribution in [2.45, 2.75) is 65.2 Å². The molecule has 0 amide bonds. The number of Topliss-reactive ketones (excluding diaryl/α,β-unsaturated/α-hetero) is 1. The van der Waals surface area contributed by atoms with Crippen molar-refractivity contribution in [1.29, 1.82) is 0 Å². The Morgan fingerprint density at radius 3 is 2.80 bits per heavy atom. The van der Waals surface area contributed by atoms with Gasteiger partial charge in [-0.25, -0.2) is 0 Å². The van der Waals surface area contributed by atoms with E-state index in [-0.39, 0.29) is 0 Å². The summed E-state index contributed by atoms with van der Waals surface area (Å²) < 4.78 is 0. The zero-order valence-electron chi connectivity index (χ0n) is 13.0. The highest BCUT2D eigenvalue weighted by atomic mass is 16.1. The molecule has 110 valence electrons. The number of ketones is 1. The summed E-state index contributed by atoms with van der Waals surface area (Å²) in [6.45, 7) is 5.03. The van der Waals surface area contributed by atoms with Crippen molar-refractivity contribution in [2.75, 3.05) is 0 Å². The Morgan fingerprint density at radius 2 is 1.95 bits per heavy atom. The molecule has 0 aliphatic heterocycles. The number of fused-ring (bicyclic) bond motifs is 5. The molecule has 4 rings (SSSR count). The largest absolute Gasteiger partial charge is 0.300 e. The van der Waals surface area contributed by atoms with Crippen molar-refractivity contribution < 1.29 is 4.79 Å². The molecule has 0 aromatic carbocycles. The molecule has 0 bridgehead atoms. The molecule has 0 aromatic heterocycles. The molecular formula is C19H28O. The van der Waals surface area contributed by atoms with Gasteiger partial charge >= 0.3 is 0 Å². The monoisotopic (exact) mass is 272 g/mol. The minimum absolute atomic E-state index is 0.473. The zero-order valence-corrected chi connectivity index (χ0v) is 13.0. The summed E-state index contributed by atoms with van der Waals surface area (Å²) in [5, 5.41) is 0. The van der Waals surface area contributed by atoms with Gasteiger partial charge in [-0.1, -0.05) is 26.0 Å². The van der Waals surface area contributed by atoms with Crippen LogP contribution in [-0.4, -0.2) is 5.78 Å². The smallest absolute Gasteiger partial charge is 0.133 e. The molecule has 3 saturated carbocycles. The fourth-order valence-electron chi connectivity index (χ4n) is 6.53. The van der Waals surface area contributed by atoms with Gasteiger partial charge in [-0.15, -0.1) is 0 Å². The minimum Gasteiger partial charge on any atom is -0.300 e. The molecule has 0 unspecified atom stereocenters. The Kier molecular flexibility index (Phi) is 2.76. The number of carbonyl (C=O) groups excluding carboxylic acids is 1. The van der Waals surface area contributed by atoms with Crippen molar-refractivity contribution in [2.24, 2.45) is 34.5 Å². The third kappa shape index (κ3) is 1.64. The topological polar surface area (TPSA) is 17.1 Å². The van der Waals surface area contributed by atoms with Crippen molar-refractivity contribution in [1.82, 2.24) is 0 Å². The second kappa shape index (κ2) is 4.21. The average Bonchev–Trinajstić information content (AvgIpc) is 2.81. The first kappa shape index (κ1) is 13.1. The Hall–Kier alpha value is -0.590. The summed E-state index contributed by atoms with van der Waals surface area (Å²) in [4.78, 5) is 11.8. The van der Waals surface area contributed by atoms with Gasteiger partial charge in [0, 0.05) is 12.8 Å². The van der Waals surface area contributed by atoms with Crippen LogP contribution in [-0.2, 0) is 4.79 Å². The third-order valence-electron chi connectivity index (χ3n) is 7.81. The van der Waals surface area contributed by atoms with E-state index in [4.69, 9.17) is 0 Å². The molecular weight excluding hydrogens is 244 g/mol. The zero-order chi connectivity index (χ0) is 14.0. The molecule has 4 aliphatic rings. The van der Waals surface area contributed by atoms with E-state index in [0.717, 1.165) is 30.6 Å². The lowest BCUT2D eigenvalue weighted by atomic mass is 9.45. The van der Waals surface area contributed by atoms with Gasteiger partial charge in [0.2, 0.25) is 0 Å². The molecule has 0 aromatic rings. The van der Waals surface area contributed by atoms with Crippen LogP contribution in [0.5, 0.6) is 0 Å². The van der Waals surface area contributed by atoms with Gasteiger partial charge in [0.25, 0.3) is 0 Å². The molecule has 0 heterocycles. The Labute approximate surface area is 123 Å². The van der Waals surface area contributed by atoms with Gasteiger partial charge in [0.1, 0.15) is 5.78 Å². The summed E-state index contributed by atoms with van der Waals surface area (Å²) in [6.07, 6.45) is 14.7. The molecule has 4 aliphatic carbocycles. The fraction of sp³-hybridized carbons (Fsp3) is 0.842. The van der Waals surface area contributed by atoms with Crippen LogP contribution in [0, 0.1) is 34.5 Å². The lowest BCUT2D eigenvalue weighted by Crippen LogP contribution is -2.52. The summed E-state index contributed by atoms with van der Waals surface area (Å²) in [5.74, 6) is 3.96. The first-order valence-electron chi connectivity index (χ1n) is 8.72. The fourth-order valence-corrected chi connectivity index (χ4v) is 6.53. The van der Waals surface area contributed by atoms with Gasteiger partial charge < -0.3 is 0 Å². The van der Waals surface area contributed by atoms with Crippen LogP contribution in [0.2, 0.25) is 0 Å². The number of carbonyl (C=O) groups is 1. The van der Waals surface area contributed by atoms with Crippen LogP contribution < -0.4 is 0 Å². The van der Waals surface area contributed by atoms with Crippen LogP contribution in [0.25, 0.3) is 0 Å². The van der Waals surface area contributed by atoms with E-state index in [1.165, 1.54) is 38.5 Å². The maximum atomic E-state index is 11.8. The van der Waals surface area contributed by atoms with Crippen molar-refractivity contribution in [3.8, 4) is 0 Å². The summed E-state index contributed by atoms with van der Waals surface area (Å²) in [6, 6.07) is 0. The number of hydrogen-bond acceptors (Lipinski definition) is 1. The second-order valence-corrected chi connectivity index (χ2v) is 8.58. The highest BCUT2D eigenvalue weighted by Gasteiger charge is 2.56.